The Kier molecular flexibility index (Phi) is 5.55. The van der Waals surface area contributed by atoms with Crippen molar-refractivity contribution < 1.29 is 14.6 Å². The van der Waals surface area contributed by atoms with Gasteiger partial charge in [0.2, 0.25) is 0 Å². The Morgan fingerprint density at radius 2 is 1.65 bits per heavy atom. The van der Waals surface area contributed by atoms with Crippen LogP contribution in [0.15, 0.2) is 11.6 Å². The summed E-state index contributed by atoms with van der Waals surface area (Å²) in [7, 11) is 1.60. The van der Waals surface area contributed by atoms with Gasteiger partial charge < -0.3 is 9.84 Å². The molecule has 5 rings (SSSR count). The van der Waals surface area contributed by atoms with Gasteiger partial charge in [-0.2, -0.15) is 0 Å². The standard InChI is InChI=1S/C31H50O3/c1-19-11-16-31(26(33)34-8)18-17-29(6)21(25(31)20(19)2)9-10-23-28(5)14-13-24(32)27(3,4)22(28)12-15-30(23,29)7/h9,19-20,22-25,32H,10-18H2,1-8H3/t19-,20+,22+,23-,24+,25?,28+,29-,30-,31?/m1/s1. The molecule has 0 amide bonds. The molecule has 0 saturated heterocycles. The summed E-state index contributed by atoms with van der Waals surface area (Å²) in [5.74, 6) is 2.73. The minimum atomic E-state index is -0.326. The first-order valence-electron chi connectivity index (χ1n) is 14.3. The fourth-order valence-corrected chi connectivity index (χ4v) is 11.0. The molecule has 3 heteroatoms. The molecule has 34 heavy (non-hydrogen) atoms. The van der Waals surface area contributed by atoms with Gasteiger partial charge in [-0.05, 0) is 109 Å². The molecule has 0 aromatic rings. The Balaban J connectivity index is 1.61. The Morgan fingerprint density at radius 3 is 2.32 bits per heavy atom. The Bertz CT molecular complexity index is 889. The summed E-state index contributed by atoms with van der Waals surface area (Å²) in [4.78, 5) is 13.4. The number of aliphatic hydroxyl groups is 1. The molecule has 2 unspecified atom stereocenters. The highest BCUT2D eigenvalue weighted by Crippen LogP contribution is 2.75. The molecule has 0 heterocycles. The van der Waals surface area contributed by atoms with Gasteiger partial charge in [0, 0.05) is 0 Å². The van der Waals surface area contributed by atoms with E-state index in [-0.39, 0.29) is 39.1 Å². The molecular formula is C31H50O3. The highest BCUT2D eigenvalue weighted by Gasteiger charge is 2.69. The van der Waals surface area contributed by atoms with Crippen molar-refractivity contribution in [2.75, 3.05) is 7.11 Å². The van der Waals surface area contributed by atoms with E-state index in [2.05, 4.69) is 54.5 Å². The number of hydrogen-bond acceptors (Lipinski definition) is 3. The van der Waals surface area contributed by atoms with E-state index in [0.717, 1.165) is 44.9 Å². The predicted octanol–water partition coefficient (Wildman–Crippen LogP) is 7.18. The van der Waals surface area contributed by atoms with Gasteiger partial charge in [-0.15, -0.1) is 0 Å². The maximum Gasteiger partial charge on any atom is 0.312 e. The van der Waals surface area contributed by atoms with Crippen molar-refractivity contribution in [1.29, 1.82) is 0 Å². The smallest absolute Gasteiger partial charge is 0.312 e. The molecule has 3 nitrogen and oxygen atoms in total. The van der Waals surface area contributed by atoms with Crippen LogP contribution in [-0.4, -0.2) is 24.3 Å². The third kappa shape index (κ3) is 2.83. The molecule has 5 aliphatic rings. The summed E-state index contributed by atoms with van der Waals surface area (Å²) in [6.45, 7) is 17.2. The summed E-state index contributed by atoms with van der Waals surface area (Å²) < 4.78 is 5.51. The third-order valence-corrected chi connectivity index (χ3v) is 13.6. The molecule has 0 bridgehead atoms. The van der Waals surface area contributed by atoms with Gasteiger partial charge in [-0.1, -0.05) is 60.1 Å². The van der Waals surface area contributed by atoms with Crippen LogP contribution in [0.5, 0.6) is 0 Å². The number of hydrogen-bond donors (Lipinski definition) is 1. The number of rotatable bonds is 1. The normalized spacial score (nSPS) is 54.0. The summed E-state index contributed by atoms with van der Waals surface area (Å²) in [5.41, 5.74) is 1.91. The minimum absolute atomic E-state index is 0.0147. The van der Waals surface area contributed by atoms with Crippen LogP contribution in [0.3, 0.4) is 0 Å². The number of ether oxygens (including phenoxy) is 1. The molecule has 5 aliphatic carbocycles. The zero-order valence-electron chi connectivity index (χ0n) is 23.2. The lowest BCUT2D eigenvalue weighted by Gasteiger charge is -2.71. The number of esters is 1. The van der Waals surface area contributed by atoms with Gasteiger partial charge in [0.25, 0.3) is 0 Å². The van der Waals surface area contributed by atoms with E-state index in [1.165, 1.54) is 12.8 Å². The summed E-state index contributed by atoms with van der Waals surface area (Å²) in [5, 5.41) is 10.9. The van der Waals surface area contributed by atoms with Crippen LogP contribution in [0.25, 0.3) is 0 Å². The van der Waals surface area contributed by atoms with Crippen LogP contribution in [0.1, 0.15) is 106 Å². The first-order valence-corrected chi connectivity index (χ1v) is 14.3. The summed E-state index contributed by atoms with van der Waals surface area (Å²) in [6.07, 6.45) is 12.3. The number of fused-ring (bicyclic) bond motifs is 7. The fourth-order valence-electron chi connectivity index (χ4n) is 11.0. The maximum atomic E-state index is 13.4. The second-order valence-corrected chi connectivity index (χ2v) is 14.7. The SMILES string of the molecule is COC(=O)C12CC[C@@H](C)[C@H](C)C1C1=CC[C@@H]3[C@@]4(C)CC[C@H](O)C(C)(C)[C@@H]4CC[C@@]3(C)[C@]1(C)CC2. The molecule has 1 N–H and O–H groups in total. The molecule has 4 fully saturated rings. The third-order valence-electron chi connectivity index (χ3n) is 13.6. The van der Waals surface area contributed by atoms with Gasteiger partial charge in [-0.25, -0.2) is 0 Å². The van der Waals surface area contributed by atoms with Gasteiger partial charge in [0.05, 0.1) is 18.6 Å². The molecular weight excluding hydrogens is 420 g/mol. The second-order valence-electron chi connectivity index (χ2n) is 14.7. The number of carbonyl (C=O) groups is 1. The van der Waals surface area contributed by atoms with E-state index in [1.807, 2.05) is 0 Å². The van der Waals surface area contributed by atoms with Gasteiger partial charge in [-0.3, -0.25) is 4.79 Å². The van der Waals surface area contributed by atoms with Crippen molar-refractivity contribution in [1.82, 2.24) is 0 Å². The first kappa shape index (κ1) is 24.8. The maximum absolute atomic E-state index is 13.4. The van der Waals surface area contributed by atoms with Crippen LogP contribution in [0.2, 0.25) is 0 Å². The lowest BCUT2D eigenvalue weighted by atomic mass is 9.33. The topological polar surface area (TPSA) is 46.5 Å². The van der Waals surface area contributed by atoms with E-state index in [1.54, 1.807) is 12.7 Å². The van der Waals surface area contributed by atoms with Crippen LogP contribution >= 0.6 is 0 Å². The highest BCUT2D eigenvalue weighted by molar-refractivity contribution is 5.78. The lowest BCUT2D eigenvalue weighted by Crippen LogP contribution is -2.65. The van der Waals surface area contributed by atoms with E-state index < -0.39 is 0 Å². The lowest BCUT2D eigenvalue weighted by molar-refractivity contribution is -0.207. The van der Waals surface area contributed by atoms with E-state index >= 15 is 0 Å². The van der Waals surface area contributed by atoms with Crippen molar-refractivity contribution in [3.63, 3.8) is 0 Å². The number of allylic oxidation sites excluding steroid dienone is 2. The molecule has 4 saturated carbocycles. The first-order chi connectivity index (χ1) is 15.8. The van der Waals surface area contributed by atoms with Crippen LogP contribution in [-0.2, 0) is 9.53 Å². The predicted molar refractivity (Wildman–Crippen MR) is 137 cm³/mol. The van der Waals surface area contributed by atoms with Crippen molar-refractivity contribution in [2.24, 2.45) is 56.7 Å². The Hall–Kier alpha value is -0.830. The molecule has 0 aromatic heterocycles. The summed E-state index contributed by atoms with van der Waals surface area (Å²) in [6, 6.07) is 0. The zero-order chi connectivity index (χ0) is 24.9. The summed E-state index contributed by atoms with van der Waals surface area (Å²) >= 11 is 0. The van der Waals surface area contributed by atoms with Crippen molar-refractivity contribution in [2.45, 2.75) is 112 Å². The molecule has 192 valence electrons. The average Bonchev–Trinajstić information content (AvgIpc) is 2.79. The van der Waals surface area contributed by atoms with E-state index in [4.69, 9.17) is 4.74 Å². The van der Waals surface area contributed by atoms with E-state index in [0.29, 0.717) is 29.6 Å². The van der Waals surface area contributed by atoms with Gasteiger partial charge in [0.15, 0.2) is 0 Å². The number of carbonyl (C=O) groups excluding carboxylic acids is 1. The zero-order valence-corrected chi connectivity index (χ0v) is 23.2. The van der Waals surface area contributed by atoms with Crippen LogP contribution in [0.4, 0.5) is 0 Å². The molecule has 0 aromatic carbocycles. The van der Waals surface area contributed by atoms with Crippen molar-refractivity contribution in [3.05, 3.63) is 11.6 Å². The Labute approximate surface area is 208 Å². The number of methoxy groups -OCH3 is 1. The quantitative estimate of drug-likeness (QED) is 0.326. The largest absolute Gasteiger partial charge is 0.469 e. The molecule has 0 radical (unpaired) electrons. The van der Waals surface area contributed by atoms with Crippen molar-refractivity contribution in [3.8, 4) is 0 Å². The fraction of sp³-hybridized carbons (Fsp3) is 0.903. The highest BCUT2D eigenvalue weighted by atomic mass is 16.5. The van der Waals surface area contributed by atoms with E-state index in [9.17, 15) is 9.90 Å². The van der Waals surface area contributed by atoms with Crippen molar-refractivity contribution >= 4 is 5.97 Å². The van der Waals surface area contributed by atoms with Gasteiger partial charge in [0.1, 0.15) is 0 Å². The van der Waals surface area contributed by atoms with Crippen LogP contribution in [0, 0.1) is 56.7 Å². The van der Waals surface area contributed by atoms with Gasteiger partial charge >= 0.3 is 5.97 Å². The Morgan fingerprint density at radius 1 is 0.941 bits per heavy atom. The molecule has 0 aliphatic heterocycles. The molecule has 0 spiro atoms. The van der Waals surface area contributed by atoms with Crippen LogP contribution < -0.4 is 0 Å². The average molecular weight is 471 g/mol. The minimum Gasteiger partial charge on any atom is -0.469 e. The second kappa shape index (κ2) is 7.59. The monoisotopic (exact) mass is 470 g/mol. The molecule has 10 atom stereocenters. The number of aliphatic hydroxyl groups excluding tert-OH is 1.